The van der Waals surface area contributed by atoms with Gasteiger partial charge in [0.2, 0.25) is 0 Å². The number of benzene rings is 1. The first-order valence-corrected chi connectivity index (χ1v) is 36.1. The maximum atomic E-state index is 13.9. The molecule has 10 atom stereocenters. The highest BCUT2D eigenvalue weighted by Crippen LogP contribution is 2.39. The van der Waals surface area contributed by atoms with Gasteiger partial charge in [0, 0.05) is 24.5 Å². The zero-order chi connectivity index (χ0) is 52.4. The van der Waals surface area contributed by atoms with Gasteiger partial charge >= 0.3 is 5.97 Å². The number of hydrogen-bond donors (Lipinski definition) is 0. The minimum absolute atomic E-state index is 0.0288. The van der Waals surface area contributed by atoms with E-state index in [1.54, 1.807) is 19.3 Å². The van der Waals surface area contributed by atoms with Crippen LogP contribution in [0.1, 0.15) is 135 Å². The van der Waals surface area contributed by atoms with Gasteiger partial charge in [-0.05, 0) is 126 Å². The lowest BCUT2D eigenvalue weighted by molar-refractivity contribution is -0.150. The van der Waals surface area contributed by atoms with Crippen molar-refractivity contribution < 1.29 is 32.3 Å². The number of allylic oxidation sites excluding steroid dienone is 4. The van der Waals surface area contributed by atoms with Crippen molar-refractivity contribution in [2.75, 3.05) is 13.7 Å². The molecular weight excluding hydrogens is 1020 g/mol. The summed E-state index contributed by atoms with van der Waals surface area (Å²) < 4.78 is 41.8. The summed E-state index contributed by atoms with van der Waals surface area (Å²) in [5, 5.41) is 0.0672. The van der Waals surface area contributed by atoms with Crippen LogP contribution in [0, 0.1) is 35.5 Å². The second-order valence-corrected chi connectivity index (χ2v) is 36.7. The number of hydrogen-bond acceptors (Lipinski definition) is 7. The third kappa shape index (κ3) is 22.6. The molecule has 0 saturated carbocycles. The van der Waals surface area contributed by atoms with E-state index in [0.717, 1.165) is 73.3 Å². The molecule has 0 saturated heterocycles. The highest BCUT2D eigenvalue weighted by atomic mass is 127. The summed E-state index contributed by atoms with van der Waals surface area (Å²) >= 11 is 2.35. The van der Waals surface area contributed by atoms with Crippen LogP contribution < -0.4 is 4.74 Å². The molecule has 69 heavy (non-hydrogen) atoms. The Balaban J connectivity index is 3.38. The van der Waals surface area contributed by atoms with Crippen LogP contribution in [0.4, 0.5) is 0 Å². The van der Waals surface area contributed by atoms with E-state index in [9.17, 15) is 4.79 Å². The second kappa shape index (κ2) is 33.3. The van der Waals surface area contributed by atoms with Crippen molar-refractivity contribution in [2.45, 2.75) is 215 Å². The van der Waals surface area contributed by atoms with Crippen LogP contribution in [-0.2, 0) is 34.2 Å². The molecule has 0 aliphatic rings. The third-order valence-corrected chi connectivity index (χ3v) is 30.1. The molecule has 7 nitrogen and oxygen atoms in total. The van der Waals surface area contributed by atoms with Crippen molar-refractivity contribution in [3.05, 3.63) is 89.1 Å². The Kier molecular flexibility index (Phi) is 31.5. The first-order valence-electron chi connectivity index (χ1n) is 26.9. The summed E-state index contributed by atoms with van der Waals surface area (Å²) in [5.41, 5.74) is 1.11. The Bertz CT molecular complexity index is 1660. The van der Waals surface area contributed by atoms with Crippen LogP contribution in [0.2, 0.25) is 54.4 Å². The van der Waals surface area contributed by atoms with Crippen LogP contribution in [0.5, 0.6) is 5.75 Å². The molecule has 1 aromatic rings. The maximum absolute atomic E-state index is 13.9. The van der Waals surface area contributed by atoms with Crippen LogP contribution in [0.25, 0.3) is 0 Å². The number of rotatable bonds is 36. The summed E-state index contributed by atoms with van der Waals surface area (Å²) in [4.78, 5) is 13.9. The van der Waals surface area contributed by atoms with Crippen LogP contribution >= 0.6 is 22.6 Å². The van der Waals surface area contributed by atoms with Gasteiger partial charge in [-0.3, -0.25) is 0 Å². The molecule has 0 aliphatic heterocycles. The molecule has 1 aromatic carbocycles. The SMILES string of the molecule is C=C/C=C\[C@H](C)[C@H](OC(=O)/C=C\C=C\[C@@H](C)[C@H](CCOCc1ccc(OC)cc1)O[Si](C)(C)C(C)(C)C)[C@@H](C)[C@@H](CC[C@H](C)C[C@H](C)[C@@H](O[Si](CC)(CC)CC)[C@@H](C)/C=C\I)O[Si](CC)(CC)CC. The van der Waals surface area contributed by atoms with E-state index in [0.29, 0.717) is 31.0 Å². The highest BCUT2D eigenvalue weighted by Gasteiger charge is 2.41. The molecule has 11 heteroatoms. The van der Waals surface area contributed by atoms with E-state index in [-0.39, 0.29) is 53.2 Å². The number of carbonyl (C=O) groups is 1. The fourth-order valence-corrected chi connectivity index (χ4v) is 17.5. The van der Waals surface area contributed by atoms with Gasteiger partial charge < -0.3 is 27.5 Å². The second-order valence-electron chi connectivity index (χ2n) is 21.7. The standard InChI is InChI=1S/C58H103IO7Si3/c1-20-27-30-47(10)57(63-55(60)32-29-28-31-46(9)53(64-67(18,19)58(14,15)16)40-42-62-44-51-34-36-52(61-17)37-35-51)50(13)54(65-68(21-2,22-3)23-4)38-33-45(8)43-49(12)56(48(11)39-41-59)66-69(24-5,25-6)26-7/h20,27-32,34-37,39,41,45-50,53-54,56-57H,1,21-26,33,38,40,42-44H2,2-19H3/b30-27-,31-28+,32-29-,41-39-/t45-,46+,47-,48-,49-,50-,53-,54+,56-,57-/m0/s1. The Hall–Kier alpha value is -1.59. The van der Waals surface area contributed by atoms with Crippen LogP contribution in [0.3, 0.4) is 0 Å². The molecule has 0 spiro atoms. The number of carbonyl (C=O) groups excluding carboxylic acids is 1. The zero-order valence-corrected chi connectivity index (χ0v) is 52.4. The summed E-state index contributed by atoms with van der Waals surface area (Å²) in [6, 6.07) is 14.7. The van der Waals surface area contributed by atoms with E-state index in [1.165, 1.54) is 0 Å². The molecule has 0 bridgehead atoms. The van der Waals surface area contributed by atoms with E-state index in [2.05, 4.69) is 168 Å². The van der Waals surface area contributed by atoms with Gasteiger partial charge in [0.15, 0.2) is 25.0 Å². The quantitative estimate of drug-likeness (QED) is 0.0166. The molecule has 0 fully saturated rings. The Morgan fingerprint density at radius 2 is 1.25 bits per heavy atom. The van der Waals surface area contributed by atoms with Crippen molar-refractivity contribution in [3.63, 3.8) is 0 Å². The minimum atomic E-state index is -2.08. The molecule has 0 heterocycles. The third-order valence-electron chi connectivity index (χ3n) is 15.8. The lowest BCUT2D eigenvalue weighted by Crippen LogP contribution is -2.46. The fraction of sp³-hybridized carbons (Fsp3) is 0.707. The van der Waals surface area contributed by atoms with Crippen LogP contribution in [-0.4, -0.2) is 69.1 Å². The smallest absolute Gasteiger partial charge is 0.331 e. The molecule has 0 unspecified atom stereocenters. The van der Waals surface area contributed by atoms with Gasteiger partial charge in [-0.25, -0.2) is 4.79 Å². The lowest BCUT2D eigenvalue weighted by Gasteiger charge is -2.40. The van der Waals surface area contributed by atoms with Crippen molar-refractivity contribution >= 4 is 53.5 Å². The highest BCUT2D eigenvalue weighted by molar-refractivity contribution is 14.1. The van der Waals surface area contributed by atoms with E-state index in [1.807, 2.05) is 42.5 Å². The average molecular weight is 1120 g/mol. The average Bonchev–Trinajstić information content (AvgIpc) is 3.32. The van der Waals surface area contributed by atoms with Gasteiger partial charge in [0.05, 0.1) is 32.0 Å². The normalized spacial score (nSPS) is 17.7. The van der Waals surface area contributed by atoms with E-state index < -0.39 is 25.0 Å². The minimum Gasteiger partial charge on any atom is -0.497 e. The van der Waals surface area contributed by atoms with Crippen LogP contribution in [0.15, 0.2) is 83.5 Å². The molecule has 0 N–H and O–H groups in total. The summed E-state index contributed by atoms with van der Waals surface area (Å²) in [6.07, 6.45) is 19.3. The Morgan fingerprint density at radius 1 is 0.696 bits per heavy atom. The number of ether oxygens (including phenoxy) is 3. The molecule has 0 amide bonds. The van der Waals surface area contributed by atoms with E-state index >= 15 is 0 Å². The van der Waals surface area contributed by atoms with Gasteiger partial charge in [-0.1, -0.05) is 188 Å². The zero-order valence-electron chi connectivity index (χ0n) is 47.2. The number of methoxy groups -OCH3 is 1. The molecule has 0 aromatic heterocycles. The summed E-state index contributed by atoms with van der Waals surface area (Å²) in [7, 11) is -4.22. The molecular formula is C58H103IO7Si3. The first-order chi connectivity index (χ1) is 32.5. The van der Waals surface area contributed by atoms with Gasteiger partial charge in [-0.2, -0.15) is 0 Å². The van der Waals surface area contributed by atoms with Crippen molar-refractivity contribution in [3.8, 4) is 5.75 Å². The maximum Gasteiger partial charge on any atom is 0.331 e. The lowest BCUT2D eigenvalue weighted by atomic mass is 9.82. The fourth-order valence-electron chi connectivity index (χ4n) is 9.38. The van der Waals surface area contributed by atoms with Gasteiger partial charge in [-0.15, -0.1) is 0 Å². The molecule has 0 aliphatic carbocycles. The Morgan fingerprint density at radius 3 is 1.77 bits per heavy atom. The van der Waals surface area contributed by atoms with Crippen molar-refractivity contribution in [2.24, 2.45) is 35.5 Å². The first kappa shape index (κ1) is 65.4. The summed E-state index contributed by atoms with van der Waals surface area (Å²) in [6.45, 7) is 44.1. The Labute approximate surface area is 442 Å². The largest absolute Gasteiger partial charge is 0.497 e. The van der Waals surface area contributed by atoms with Gasteiger partial charge in [0.1, 0.15) is 11.9 Å². The molecule has 1 rings (SSSR count). The molecule has 396 valence electrons. The monoisotopic (exact) mass is 1120 g/mol. The predicted octanol–water partition coefficient (Wildman–Crippen LogP) is 17.5. The van der Waals surface area contributed by atoms with E-state index in [4.69, 9.17) is 27.5 Å². The summed E-state index contributed by atoms with van der Waals surface area (Å²) in [5.74, 6) is 1.78. The number of halogens is 1. The van der Waals surface area contributed by atoms with Crippen molar-refractivity contribution in [1.82, 2.24) is 0 Å². The topological polar surface area (TPSA) is 72.5 Å². The molecule has 0 radical (unpaired) electrons. The van der Waals surface area contributed by atoms with Gasteiger partial charge in [0.25, 0.3) is 0 Å². The predicted molar refractivity (Wildman–Crippen MR) is 313 cm³/mol. The van der Waals surface area contributed by atoms with Crippen molar-refractivity contribution in [1.29, 1.82) is 0 Å². The number of esters is 1.